The first-order chi connectivity index (χ1) is 4.77. The van der Waals surface area contributed by atoms with E-state index in [0.29, 0.717) is 0 Å². The molecule has 0 spiro atoms. The number of carbonyl (C=O) groups excluding carboxylic acids is 1. The van der Waals surface area contributed by atoms with Gasteiger partial charge in [0.2, 0.25) is 0 Å². The lowest BCUT2D eigenvalue weighted by Gasteiger charge is -1.79. The van der Waals surface area contributed by atoms with Crippen molar-refractivity contribution in [2.45, 2.75) is 19.8 Å². The maximum atomic E-state index is 9.85. The zero-order valence-electron chi connectivity index (χ0n) is 6.04. The second kappa shape index (κ2) is 6.08. The Bertz CT molecular complexity index is 145. The van der Waals surface area contributed by atoms with Gasteiger partial charge in [-0.15, -0.1) is 0 Å². The van der Waals surface area contributed by atoms with Gasteiger partial charge in [0.25, 0.3) is 0 Å². The highest BCUT2D eigenvalue weighted by atomic mass is 16.4. The van der Waals surface area contributed by atoms with Crippen molar-refractivity contribution < 1.29 is 9.90 Å². The average molecular weight is 139 g/mol. The molecule has 0 aliphatic rings. The van der Waals surface area contributed by atoms with Crippen LogP contribution in [-0.2, 0) is 9.90 Å². The molecule has 0 aromatic heterocycles. The molecule has 0 N–H and O–H groups in total. The zero-order valence-corrected chi connectivity index (χ0v) is 6.04. The summed E-state index contributed by atoms with van der Waals surface area (Å²) in [7, 11) is 0. The highest BCUT2D eigenvalue weighted by Crippen LogP contribution is 1.88. The molecule has 0 rings (SSSR count). The summed E-state index contributed by atoms with van der Waals surface area (Å²) in [6.45, 7) is 1.92. The van der Waals surface area contributed by atoms with Crippen LogP contribution in [0.2, 0.25) is 0 Å². The number of rotatable bonds is 4. The summed E-state index contributed by atoms with van der Waals surface area (Å²) in [6, 6.07) is 0. The molecule has 0 atom stereocenters. The monoisotopic (exact) mass is 139 g/mol. The lowest BCUT2D eigenvalue weighted by Crippen LogP contribution is -1.86. The van der Waals surface area contributed by atoms with Gasteiger partial charge in [-0.05, 0) is 13.3 Å². The predicted octanol–water partition coefficient (Wildman–Crippen LogP) is 1.86. The topological polar surface area (TPSA) is 37.0 Å². The molecular weight excluding hydrogens is 128 g/mol. The second-order valence-electron chi connectivity index (χ2n) is 1.85. The molecule has 0 saturated carbocycles. The van der Waals surface area contributed by atoms with Gasteiger partial charge in [0, 0.05) is 0 Å². The molecule has 0 fully saturated rings. The van der Waals surface area contributed by atoms with E-state index in [1.807, 2.05) is 19.1 Å². The molecule has 0 unspecified atom stereocenters. The number of hydrogen-bond donors (Lipinski definition) is 0. The summed E-state index contributed by atoms with van der Waals surface area (Å²) in [6.07, 6.45) is 8.07. The van der Waals surface area contributed by atoms with Crippen LogP contribution in [-0.4, -0.2) is 5.97 Å². The Hall–Kier alpha value is -1.05. The van der Waals surface area contributed by atoms with E-state index in [1.54, 1.807) is 12.2 Å². The maximum absolute atomic E-state index is 9.85. The van der Waals surface area contributed by atoms with Crippen LogP contribution in [0.4, 0.5) is 0 Å². The van der Waals surface area contributed by atoms with E-state index in [0.717, 1.165) is 6.42 Å². The molecule has 0 aliphatic carbocycles. The summed E-state index contributed by atoms with van der Waals surface area (Å²) in [4.78, 5) is 9.85. The molecule has 2 heteroatoms. The third-order valence-electron chi connectivity index (χ3n) is 0.959. The summed E-state index contributed by atoms with van der Waals surface area (Å²) < 4.78 is 0. The van der Waals surface area contributed by atoms with E-state index in [4.69, 9.17) is 0 Å². The molecule has 1 radical (unpaired) electrons. The molecule has 0 aromatic carbocycles. The first kappa shape index (κ1) is 8.95. The van der Waals surface area contributed by atoms with E-state index in [-0.39, 0.29) is 6.42 Å². The van der Waals surface area contributed by atoms with Crippen molar-refractivity contribution in [3.05, 3.63) is 24.3 Å². The van der Waals surface area contributed by atoms with E-state index >= 15 is 0 Å². The first-order valence-corrected chi connectivity index (χ1v) is 3.23. The van der Waals surface area contributed by atoms with E-state index in [1.165, 1.54) is 0 Å². The van der Waals surface area contributed by atoms with Gasteiger partial charge in [0.1, 0.15) is 0 Å². The highest BCUT2D eigenvalue weighted by Gasteiger charge is 1.90. The number of carbonyl (C=O) groups is 1. The highest BCUT2D eigenvalue weighted by molar-refractivity contribution is 5.68. The van der Waals surface area contributed by atoms with Crippen LogP contribution in [0.15, 0.2) is 24.3 Å². The summed E-state index contributed by atoms with van der Waals surface area (Å²) in [5.41, 5.74) is 0. The fourth-order valence-corrected chi connectivity index (χ4v) is 0.490. The van der Waals surface area contributed by atoms with Crippen molar-refractivity contribution in [2.24, 2.45) is 0 Å². The quantitative estimate of drug-likeness (QED) is 0.547. The van der Waals surface area contributed by atoms with Crippen LogP contribution in [0, 0.1) is 0 Å². The van der Waals surface area contributed by atoms with E-state index in [9.17, 15) is 9.90 Å². The zero-order chi connectivity index (χ0) is 7.82. The Morgan fingerprint density at radius 1 is 1.30 bits per heavy atom. The van der Waals surface area contributed by atoms with Crippen molar-refractivity contribution in [3.8, 4) is 0 Å². The molecular formula is C8H11O2. The van der Waals surface area contributed by atoms with Crippen molar-refractivity contribution in [1.82, 2.24) is 0 Å². The van der Waals surface area contributed by atoms with Gasteiger partial charge in [-0.2, -0.15) is 0 Å². The largest absolute Gasteiger partial charge is 0.359 e. The Kier molecular flexibility index (Phi) is 5.44. The van der Waals surface area contributed by atoms with Crippen molar-refractivity contribution in [2.75, 3.05) is 0 Å². The summed E-state index contributed by atoms with van der Waals surface area (Å²) in [5, 5.41) is 9.85. The van der Waals surface area contributed by atoms with Gasteiger partial charge >= 0.3 is 5.97 Å². The van der Waals surface area contributed by atoms with Gasteiger partial charge < -0.3 is 0 Å². The number of allylic oxidation sites excluding steroid dienone is 3. The Balaban J connectivity index is 3.29. The fraction of sp³-hybridized carbons (Fsp3) is 0.375. The fourth-order valence-electron chi connectivity index (χ4n) is 0.490. The van der Waals surface area contributed by atoms with Crippen LogP contribution >= 0.6 is 0 Å². The minimum absolute atomic E-state index is 0.0115. The van der Waals surface area contributed by atoms with Crippen molar-refractivity contribution >= 4 is 5.97 Å². The Morgan fingerprint density at radius 3 is 2.50 bits per heavy atom. The molecule has 0 amide bonds. The van der Waals surface area contributed by atoms with Gasteiger partial charge in [0.05, 0.1) is 6.42 Å². The molecule has 2 nitrogen and oxygen atoms in total. The SMILES string of the molecule is C/C=C/C/C=C/CC([O])=O. The maximum Gasteiger partial charge on any atom is 0.359 e. The smallest absolute Gasteiger partial charge is 0.247 e. The van der Waals surface area contributed by atoms with Gasteiger partial charge in [-0.25, -0.2) is 9.90 Å². The molecule has 10 heavy (non-hydrogen) atoms. The molecule has 0 bridgehead atoms. The van der Waals surface area contributed by atoms with E-state index in [2.05, 4.69) is 0 Å². The van der Waals surface area contributed by atoms with Crippen molar-refractivity contribution in [3.63, 3.8) is 0 Å². The lowest BCUT2D eigenvalue weighted by molar-refractivity contribution is -0.142. The molecule has 0 aliphatic heterocycles. The van der Waals surface area contributed by atoms with Crippen LogP contribution in [0.1, 0.15) is 19.8 Å². The summed E-state index contributed by atoms with van der Waals surface area (Å²) >= 11 is 0. The second-order valence-corrected chi connectivity index (χ2v) is 1.85. The molecule has 0 saturated heterocycles. The minimum Gasteiger partial charge on any atom is -0.247 e. The Labute approximate surface area is 60.9 Å². The third kappa shape index (κ3) is 6.95. The normalized spacial score (nSPS) is 11.3. The van der Waals surface area contributed by atoms with Gasteiger partial charge in [0.15, 0.2) is 0 Å². The molecule has 0 heterocycles. The third-order valence-corrected chi connectivity index (χ3v) is 0.959. The predicted molar refractivity (Wildman–Crippen MR) is 38.9 cm³/mol. The van der Waals surface area contributed by atoms with E-state index < -0.39 is 5.97 Å². The number of hydrogen-bond acceptors (Lipinski definition) is 1. The van der Waals surface area contributed by atoms with Gasteiger partial charge in [-0.1, -0.05) is 24.3 Å². The first-order valence-electron chi connectivity index (χ1n) is 3.23. The lowest BCUT2D eigenvalue weighted by atomic mass is 10.3. The average Bonchev–Trinajstić information content (AvgIpc) is 1.87. The minimum atomic E-state index is -1.03. The van der Waals surface area contributed by atoms with Crippen molar-refractivity contribution in [1.29, 1.82) is 0 Å². The molecule has 0 aromatic rings. The molecule has 55 valence electrons. The van der Waals surface area contributed by atoms with Crippen LogP contribution in [0.5, 0.6) is 0 Å². The summed E-state index contributed by atoms with van der Waals surface area (Å²) in [5.74, 6) is -1.03. The Morgan fingerprint density at radius 2 is 2.00 bits per heavy atom. The van der Waals surface area contributed by atoms with Crippen LogP contribution in [0.3, 0.4) is 0 Å². The van der Waals surface area contributed by atoms with Gasteiger partial charge in [-0.3, -0.25) is 0 Å². The standard InChI is InChI=1S/C8H11O2/c1-2-3-4-5-6-7-8(9)10/h2-3,5-6H,4,7H2,1H3/b3-2+,6-5+. The van der Waals surface area contributed by atoms with Crippen LogP contribution < -0.4 is 0 Å². The van der Waals surface area contributed by atoms with Crippen LogP contribution in [0.25, 0.3) is 0 Å².